The molecule has 1 aliphatic rings. The molecule has 3 N–H and O–H groups in total. The third kappa shape index (κ3) is 3.99. The molecular formula is C22H21N3O4. The Morgan fingerprint density at radius 1 is 1.24 bits per heavy atom. The van der Waals surface area contributed by atoms with Crippen LogP contribution in [-0.4, -0.2) is 40.1 Å². The van der Waals surface area contributed by atoms with E-state index < -0.39 is 12.0 Å². The fourth-order valence-electron chi connectivity index (χ4n) is 3.59. The van der Waals surface area contributed by atoms with Crippen LogP contribution in [0, 0.1) is 0 Å². The number of carboxylic acid groups (broad SMARTS) is 1. The quantitative estimate of drug-likeness (QED) is 0.623. The van der Waals surface area contributed by atoms with E-state index in [1.165, 1.54) is 7.11 Å². The molecule has 1 amide bonds. The van der Waals surface area contributed by atoms with E-state index in [0.717, 1.165) is 22.3 Å². The topological polar surface area (TPSA) is 104 Å². The number of aliphatic carboxylic acids is 1. The Bertz CT molecular complexity index is 1120. The highest BCUT2D eigenvalue weighted by molar-refractivity contribution is 5.91. The Morgan fingerprint density at radius 3 is 2.86 bits per heavy atom. The van der Waals surface area contributed by atoms with Crippen molar-refractivity contribution >= 4 is 29.0 Å². The van der Waals surface area contributed by atoms with Gasteiger partial charge in [0.2, 0.25) is 11.8 Å². The molecule has 4 rings (SSSR count). The summed E-state index contributed by atoms with van der Waals surface area (Å²) in [6.07, 6.45) is 4.90. The van der Waals surface area contributed by atoms with E-state index in [4.69, 9.17) is 4.74 Å². The lowest BCUT2D eigenvalue weighted by Crippen LogP contribution is -2.43. The van der Waals surface area contributed by atoms with Crippen LogP contribution in [0.2, 0.25) is 0 Å². The molecule has 0 radical (unpaired) electrons. The summed E-state index contributed by atoms with van der Waals surface area (Å²) in [5.41, 5.74) is 4.86. The standard InChI is InChI=1S/C22H21N3O4/c1-29-20-9-8-17-21(25-20)15-12-19(26)24-18(22(27)28)11-14-6-2-4-13(10-14)5-3-7-16(15)23-17/h2-4,6-10,18,23H,5,11-12H2,1H3,(H,24,26)(H,27,28)/b7-3+/t18-/m0/s1. The van der Waals surface area contributed by atoms with Crippen LogP contribution < -0.4 is 10.1 Å². The third-order valence-electron chi connectivity index (χ3n) is 5.00. The lowest BCUT2D eigenvalue weighted by molar-refractivity contribution is -0.141. The number of rotatable bonds is 2. The molecule has 0 aliphatic carbocycles. The molecule has 29 heavy (non-hydrogen) atoms. The Balaban J connectivity index is 1.80. The van der Waals surface area contributed by atoms with Crippen molar-refractivity contribution in [2.75, 3.05) is 7.11 Å². The molecule has 1 aromatic carbocycles. The zero-order valence-electron chi connectivity index (χ0n) is 15.9. The first-order valence-corrected chi connectivity index (χ1v) is 9.35. The molecule has 1 atom stereocenters. The highest BCUT2D eigenvalue weighted by Crippen LogP contribution is 2.25. The Hall–Kier alpha value is -3.61. The number of nitrogens with zero attached hydrogens (tertiary/aromatic N) is 1. The van der Waals surface area contributed by atoms with Crippen molar-refractivity contribution in [3.8, 4) is 5.88 Å². The van der Waals surface area contributed by atoms with E-state index in [2.05, 4.69) is 15.3 Å². The SMILES string of the molecule is COc1ccc2[nH]c3c(c2n1)CC(=O)N[C@H](C(=O)O)Cc1cccc(c1)C/C=C/3. The maximum atomic E-state index is 12.7. The van der Waals surface area contributed by atoms with Crippen molar-refractivity contribution in [2.45, 2.75) is 25.3 Å². The van der Waals surface area contributed by atoms with Crippen LogP contribution in [0.5, 0.6) is 5.88 Å². The molecule has 3 heterocycles. The number of carbonyl (C=O) groups excluding carboxylic acids is 1. The summed E-state index contributed by atoms with van der Waals surface area (Å²) in [5, 5.41) is 12.2. The Labute approximate surface area is 167 Å². The van der Waals surface area contributed by atoms with Gasteiger partial charge in [-0.1, -0.05) is 30.3 Å². The molecule has 148 valence electrons. The maximum Gasteiger partial charge on any atom is 0.326 e. The third-order valence-corrected chi connectivity index (χ3v) is 5.00. The van der Waals surface area contributed by atoms with E-state index >= 15 is 0 Å². The van der Waals surface area contributed by atoms with Gasteiger partial charge in [-0.15, -0.1) is 0 Å². The van der Waals surface area contributed by atoms with Crippen molar-refractivity contribution in [1.29, 1.82) is 0 Å². The number of pyridine rings is 1. The first-order valence-electron chi connectivity index (χ1n) is 9.35. The maximum absolute atomic E-state index is 12.7. The Morgan fingerprint density at radius 2 is 2.07 bits per heavy atom. The highest BCUT2D eigenvalue weighted by atomic mass is 16.5. The number of hydrogen-bond acceptors (Lipinski definition) is 4. The number of H-pyrrole nitrogens is 1. The van der Waals surface area contributed by atoms with Crippen molar-refractivity contribution in [3.05, 3.63) is 64.9 Å². The van der Waals surface area contributed by atoms with Crippen molar-refractivity contribution in [3.63, 3.8) is 0 Å². The zero-order valence-corrected chi connectivity index (χ0v) is 15.9. The first-order chi connectivity index (χ1) is 14.0. The molecule has 2 bridgehead atoms. The summed E-state index contributed by atoms with van der Waals surface area (Å²) in [7, 11) is 1.54. The summed E-state index contributed by atoms with van der Waals surface area (Å²) in [4.78, 5) is 32.2. The minimum absolute atomic E-state index is 0.0151. The van der Waals surface area contributed by atoms with Crippen LogP contribution >= 0.6 is 0 Å². The van der Waals surface area contributed by atoms with Gasteiger partial charge in [0.15, 0.2) is 0 Å². The van der Waals surface area contributed by atoms with Crippen molar-refractivity contribution in [2.24, 2.45) is 0 Å². The number of benzene rings is 1. The van der Waals surface area contributed by atoms with Gasteiger partial charge in [-0.05, 0) is 29.7 Å². The first kappa shape index (κ1) is 18.7. The molecule has 1 aliphatic heterocycles. The van der Waals surface area contributed by atoms with E-state index in [0.29, 0.717) is 23.4 Å². The summed E-state index contributed by atoms with van der Waals surface area (Å²) < 4.78 is 5.22. The minimum Gasteiger partial charge on any atom is -0.481 e. The van der Waals surface area contributed by atoms with E-state index in [-0.39, 0.29) is 18.7 Å². The number of aromatic nitrogens is 2. The molecule has 3 aromatic rings. The predicted molar refractivity (Wildman–Crippen MR) is 109 cm³/mol. The van der Waals surface area contributed by atoms with Gasteiger partial charge in [0.25, 0.3) is 0 Å². The number of allylic oxidation sites excluding steroid dienone is 1. The molecule has 7 heteroatoms. The van der Waals surface area contributed by atoms with Crippen LogP contribution in [0.1, 0.15) is 22.4 Å². The summed E-state index contributed by atoms with van der Waals surface area (Å²) in [6, 6.07) is 10.4. The summed E-state index contributed by atoms with van der Waals surface area (Å²) in [6.45, 7) is 0. The van der Waals surface area contributed by atoms with Gasteiger partial charge in [-0.25, -0.2) is 9.78 Å². The van der Waals surface area contributed by atoms with Crippen LogP contribution in [-0.2, 0) is 28.9 Å². The summed E-state index contributed by atoms with van der Waals surface area (Å²) in [5.74, 6) is -0.977. The average Bonchev–Trinajstić information content (AvgIpc) is 3.03. The van der Waals surface area contributed by atoms with Gasteiger partial charge in [0.05, 0.1) is 24.6 Å². The van der Waals surface area contributed by atoms with Gasteiger partial charge in [-0.3, -0.25) is 4.79 Å². The van der Waals surface area contributed by atoms with Gasteiger partial charge in [0.1, 0.15) is 6.04 Å². The molecule has 0 saturated heterocycles. The van der Waals surface area contributed by atoms with Crippen molar-refractivity contribution < 1.29 is 19.4 Å². The van der Waals surface area contributed by atoms with Crippen LogP contribution in [0.3, 0.4) is 0 Å². The highest BCUT2D eigenvalue weighted by Gasteiger charge is 2.23. The fourth-order valence-corrected chi connectivity index (χ4v) is 3.59. The van der Waals surface area contributed by atoms with Crippen molar-refractivity contribution in [1.82, 2.24) is 15.3 Å². The zero-order chi connectivity index (χ0) is 20.4. The van der Waals surface area contributed by atoms with Gasteiger partial charge >= 0.3 is 5.97 Å². The minimum atomic E-state index is -1.06. The fraction of sp³-hybridized carbons (Fsp3) is 0.227. The number of carboxylic acids is 1. The van der Waals surface area contributed by atoms with Gasteiger partial charge in [0, 0.05) is 23.7 Å². The second kappa shape index (κ2) is 7.79. The number of methoxy groups -OCH3 is 1. The van der Waals surface area contributed by atoms with Gasteiger partial charge < -0.3 is 20.1 Å². The molecule has 0 saturated carbocycles. The van der Waals surface area contributed by atoms with Crippen LogP contribution in [0.4, 0.5) is 0 Å². The second-order valence-electron chi connectivity index (χ2n) is 7.03. The number of hydrogen-bond donors (Lipinski definition) is 3. The van der Waals surface area contributed by atoms with Gasteiger partial charge in [-0.2, -0.15) is 0 Å². The summed E-state index contributed by atoms with van der Waals surface area (Å²) >= 11 is 0. The number of ether oxygens (including phenoxy) is 1. The number of aromatic amines is 1. The molecule has 0 fully saturated rings. The Kier molecular flexibility index (Phi) is 5.03. The van der Waals surface area contributed by atoms with Crippen LogP contribution in [0.25, 0.3) is 17.1 Å². The molecule has 2 aromatic heterocycles. The second-order valence-corrected chi connectivity index (χ2v) is 7.03. The number of carbonyl (C=O) groups is 2. The largest absolute Gasteiger partial charge is 0.481 e. The van der Waals surface area contributed by atoms with E-state index in [1.54, 1.807) is 6.07 Å². The number of nitrogens with one attached hydrogen (secondary N) is 2. The molecule has 7 nitrogen and oxygen atoms in total. The van der Waals surface area contributed by atoms with E-state index in [9.17, 15) is 14.7 Å². The smallest absolute Gasteiger partial charge is 0.326 e. The lowest BCUT2D eigenvalue weighted by Gasteiger charge is -2.15. The number of amides is 1. The molecular weight excluding hydrogens is 370 g/mol. The van der Waals surface area contributed by atoms with E-state index in [1.807, 2.05) is 42.5 Å². The predicted octanol–water partition coefficient (Wildman–Crippen LogP) is 2.50. The molecule has 0 spiro atoms. The number of fused-ring (bicyclic) bond motifs is 5. The molecule has 0 unspecified atom stereocenters. The lowest BCUT2D eigenvalue weighted by atomic mass is 10.0. The normalized spacial score (nSPS) is 18.0. The monoisotopic (exact) mass is 391 g/mol. The van der Waals surface area contributed by atoms with Crippen LogP contribution in [0.15, 0.2) is 42.5 Å². The average molecular weight is 391 g/mol.